The standard InChI is InChI=1S/C13H18N2O2/c1-3-9-10(13(17)14-2)5-6-11(16)12(9)15-7-4-8-15/h5-6,16H,3-4,7-8H2,1-2H3,(H,14,17). The SMILES string of the molecule is CCc1c(C(=O)NC)ccc(O)c1N1CCC1. The summed E-state index contributed by atoms with van der Waals surface area (Å²) in [4.78, 5) is 13.9. The first-order chi connectivity index (χ1) is 8.19. The minimum atomic E-state index is -0.0939. The van der Waals surface area contributed by atoms with Crippen molar-refractivity contribution < 1.29 is 9.90 Å². The molecule has 2 rings (SSSR count). The lowest BCUT2D eigenvalue weighted by Crippen LogP contribution is -2.38. The fraction of sp³-hybridized carbons (Fsp3) is 0.462. The Kier molecular flexibility index (Phi) is 3.22. The molecule has 0 unspecified atom stereocenters. The number of aromatic hydroxyl groups is 1. The number of carbonyl (C=O) groups excluding carboxylic acids is 1. The van der Waals surface area contributed by atoms with Gasteiger partial charge < -0.3 is 15.3 Å². The fourth-order valence-electron chi connectivity index (χ4n) is 2.22. The maximum absolute atomic E-state index is 11.8. The fourth-order valence-corrected chi connectivity index (χ4v) is 2.22. The van der Waals surface area contributed by atoms with E-state index in [1.807, 2.05) is 6.92 Å². The van der Waals surface area contributed by atoms with Crippen LogP contribution in [-0.4, -0.2) is 31.2 Å². The lowest BCUT2D eigenvalue weighted by atomic mass is 9.98. The quantitative estimate of drug-likeness (QED) is 0.833. The first-order valence-corrected chi connectivity index (χ1v) is 6.01. The maximum Gasteiger partial charge on any atom is 0.251 e. The van der Waals surface area contributed by atoms with E-state index in [4.69, 9.17) is 0 Å². The number of phenols is 1. The van der Waals surface area contributed by atoms with Gasteiger partial charge in [0, 0.05) is 25.7 Å². The third-order valence-electron chi connectivity index (χ3n) is 3.26. The van der Waals surface area contributed by atoms with Gasteiger partial charge >= 0.3 is 0 Å². The molecule has 1 aromatic carbocycles. The second kappa shape index (κ2) is 4.65. The Morgan fingerprint density at radius 2 is 2.18 bits per heavy atom. The van der Waals surface area contributed by atoms with Crippen LogP contribution in [0.5, 0.6) is 5.75 Å². The van der Waals surface area contributed by atoms with Crippen molar-refractivity contribution in [2.75, 3.05) is 25.0 Å². The molecule has 4 nitrogen and oxygen atoms in total. The number of anilines is 1. The Hall–Kier alpha value is -1.71. The summed E-state index contributed by atoms with van der Waals surface area (Å²) in [6.07, 6.45) is 1.88. The summed E-state index contributed by atoms with van der Waals surface area (Å²) in [5.74, 6) is 0.179. The van der Waals surface area contributed by atoms with Gasteiger partial charge in [0.1, 0.15) is 5.75 Å². The van der Waals surface area contributed by atoms with Crippen LogP contribution in [0.3, 0.4) is 0 Å². The Morgan fingerprint density at radius 3 is 2.65 bits per heavy atom. The minimum Gasteiger partial charge on any atom is -0.506 e. The lowest BCUT2D eigenvalue weighted by Gasteiger charge is -2.35. The van der Waals surface area contributed by atoms with E-state index in [1.54, 1.807) is 19.2 Å². The van der Waals surface area contributed by atoms with Gasteiger partial charge in [0.05, 0.1) is 5.69 Å². The molecule has 0 radical (unpaired) electrons. The molecule has 0 aromatic heterocycles. The van der Waals surface area contributed by atoms with E-state index < -0.39 is 0 Å². The molecule has 0 atom stereocenters. The molecule has 1 aliphatic rings. The summed E-state index contributed by atoms with van der Waals surface area (Å²) >= 11 is 0. The molecule has 1 aromatic rings. The number of amides is 1. The Morgan fingerprint density at radius 1 is 1.47 bits per heavy atom. The minimum absolute atomic E-state index is 0.0939. The number of hydrogen-bond donors (Lipinski definition) is 2. The van der Waals surface area contributed by atoms with E-state index in [2.05, 4.69) is 10.2 Å². The number of nitrogens with zero attached hydrogens (tertiary/aromatic N) is 1. The van der Waals surface area contributed by atoms with Crippen molar-refractivity contribution in [1.82, 2.24) is 5.32 Å². The van der Waals surface area contributed by atoms with Gasteiger partial charge in [-0.3, -0.25) is 4.79 Å². The number of hydrogen-bond acceptors (Lipinski definition) is 3. The molecule has 0 spiro atoms. The van der Waals surface area contributed by atoms with Crippen molar-refractivity contribution in [3.05, 3.63) is 23.3 Å². The van der Waals surface area contributed by atoms with Crippen molar-refractivity contribution in [2.45, 2.75) is 19.8 Å². The van der Waals surface area contributed by atoms with Crippen LogP contribution in [0.25, 0.3) is 0 Å². The molecule has 2 N–H and O–H groups in total. The molecule has 1 saturated heterocycles. The summed E-state index contributed by atoms with van der Waals surface area (Å²) in [6, 6.07) is 3.30. The zero-order valence-corrected chi connectivity index (χ0v) is 10.3. The number of carbonyl (C=O) groups is 1. The van der Waals surface area contributed by atoms with Gasteiger partial charge in [-0.05, 0) is 30.5 Å². The topological polar surface area (TPSA) is 52.6 Å². The average molecular weight is 234 g/mol. The summed E-state index contributed by atoms with van der Waals surface area (Å²) in [5, 5.41) is 12.6. The highest BCUT2D eigenvalue weighted by molar-refractivity contribution is 5.97. The van der Waals surface area contributed by atoms with Crippen molar-refractivity contribution in [3.63, 3.8) is 0 Å². The van der Waals surface area contributed by atoms with Gasteiger partial charge in [0.25, 0.3) is 5.91 Å². The first-order valence-electron chi connectivity index (χ1n) is 6.01. The van der Waals surface area contributed by atoms with Crippen molar-refractivity contribution >= 4 is 11.6 Å². The van der Waals surface area contributed by atoms with Crippen LogP contribution in [0, 0.1) is 0 Å². The number of rotatable bonds is 3. The molecular weight excluding hydrogens is 216 g/mol. The number of phenolic OH excluding ortho intramolecular Hbond substituents is 1. The second-order valence-corrected chi connectivity index (χ2v) is 4.23. The van der Waals surface area contributed by atoms with Crippen molar-refractivity contribution in [2.24, 2.45) is 0 Å². The maximum atomic E-state index is 11.8. The van der Waals surface area contributed by atoms with E-state index in [0.717, 1.165) is 37.2 Å². The highest BCUT2D eigenvalue weighted by Crippen LogP contribution is 2.36. The molecular formula is C13H18N2O2. The molecule has 92 valence electrons. The zero-order valence-electron chi connectivity index (χ0n) is 10.3. The van der Waals surface area contributed by atoms with Crippen molar-refractivity contribution in [1.29, 1.82) is 0 Å². The summed E-state index contributed by atoms with van der Waals surface area (Å²) < 4.78 is 0. The molecule has 17 heavy (non-hydrogen) atoms. The van der Waals surface area contributed by atoms with Crippen LogP contribution in [0.15, 0.2) is 12.1 Å². The van der Waals surface area contributed by atoms with E-state index in [1.165, 1.54) is 0 Å². The zero-order chi connectivity index (χ0) is 12.4. The van der Waals surface area contributed by atoms with Gasteiger partial charge in [-0.1, -0.05) is 6.92 Å². The lowest BCUT2D eigenvalue weighted by molar-refractivity contribution is 0.0962. The molecule has 1 heterocycles. The normalized spacial score (nSPS) is 14.4. The molecule has 0 saturated carbocycles. The van der Waals surface area contributed by atoms with Crippen LogP contribution in [0.2, 0.25) is 0 Å². The summed E-state index contributed by atoms with van der Waals surface area (Å²) in [5.41, 5.74) is 2.43. The third kappa shape index (κ3) is 1.95. The highest BCUT2D eigenvalue weighted by Gasteiger charge is 2.24. The summed E-state index contributed by atoms with van der Waals surface area (Å²) in [7, 11) is 1.62. The highest BCUT2D eigenvalue weighted by atomic mass is 16.3. The Balaban J connectivity index is 2.51. The van der Waals surface area contributed by atoms with Crippen LogP contribution in [0.1, 0.15) is 29.3 Å². The first kappa shape index (κ1) is 11.8. The number of nitrogens with one attached hydrogen (secondary N) is 1. The van der Waals surface area contributed by atoms with E-state index in [0.29, 0.717) is 5.56 Å². The third-order valence-corrected chi connectivity index (χ3v) is 3.26. The van der Waals surface area contributed by atoms with Gasteiger partial charge in [-0.15, -0.1) is 0 Å². The smallest absolute Gasteiger partial charge is 0.251 e. The monoisotopic (exact) mass is 234 g/mol. The Bertz CT molecular complexity index is 439. The molecule has 1 amide bonds. The Labute approximate surface area is 101 Å². The van der Waals surface area contributed by atoms with Crippen LogP contribution < -0.4 is 10.2 Å². The predicted molar refractivity (Wildman–Crippen MR) is 67.7 cm³/mol. The van der Waals surface area contributed by atoms with Crippen LogP contribution >= 0.6 is 0 Å². The van der Waals surface area contributed by atoms with Gasteiger partial charge in [0.2, 0.25) is 0 Å². The molecule has 0 aliphatic carbocycles. The second-order valence-electron chi connectivity index (χ2n) is 4.23. The van der Waals surface area contributed by atoms with Crippen molar-refractivity contribution in [3.8, 4) is 5.75 Å². The number of benzene rings is 1. The van der Waals surface area contributed by atoms with Crippen LogP contribution in [-0.2, 0) is 6.42 Å². The molecule has 1 fully saturated rings. The van der Waals surface area contributed by atoms with E-state index in [9.17, 15) is 9.90 Å². The predicted octanol–water partition coefficient (Wildman–Crippen LogP) is 1.52. The average Bonchev–Trinajstić information content (AvgIpc) is 2.28. The van der Waals surface area contributed by atoms with E-state index >= 15 is 0 Å². The van der Waals surface area contributed by atoms with E-state index in [-0.39, 0.29) is 11.7 Å². The summed E-state index contributed by atoms with van der Waals surface area (Å²) in [6.45, 7) is 3.92. The molecule has 4 heteroatoms. The van der Waals surface area contributed by atoms with Gasteiger partial charge in [-0.2, -0.15) is 0 Å². The van der Waals surface area contributed by atoms with Gasteiger partial charge in [-0.25, -0.2) is 0 Å². The molecule has 0 bridgehead atoms. The largest absolute Gasteiger partial charge is 0.506 e. The molecule has 1 aliphatic heterocycles. The van der Waals surface area contributed by atoms with Gasteiger partial charge in [0.15, 0.2) is 0 Å². The van der Waals surface area contributed by atoms with Crippen LogP contribution in [0.4, 0.5) is 5.69 Å².